The van der Waals surface area contributed by atoms with Crippen molar-refractivity contribution in [3.63, 3.8) is 0 Å². The van der Waals surface area contributed by atoms with Gasteiger partial charge in [0.1, 0.15) is 17.9 Å². The van der Waals surface area contributed by atoms with E-state index in [-0.39, 0.29) is 11.8 Å². The Balaban J connectivity index is 1.80. The normalized spacial score (nSPS) is 16.2. The molecule has 0 bridgehead atoms. The lowest BCUT2D eigenvalue weighted by Crippen LogP contribution is -2.25. The van der Waals surface area contributed by atoms with E-state index in [4.69, 9.17) is 16.3 Å². The van der Waals surface area contributed by atoms with E-state index in [2.05, 4.69) is 10.3 Å². The summed E-state index contributed by atoms with van der Waals surface area (Å²) >= 11 is 6.35. The molecule has 2 aromatic carbocycles. The number of benzene rings is 2. The molecule has 1 aliphatic rings. The number of halogens is 1. The van der Waals surface area contributed by atoms with Gasteiger partial charge in [0.2, 0.25) is 5.91 Å². The number of hydrogen-bond acceptors (Lipinski definition) is 3. The predicted octanol–water partition coefficient (Wildman–Crippen LogP) is 4.01. The van der Waals surface area contributed by atoms with Crippen LogP contribution in [0.5, 0.6) is 5.75 Å². The number of rotatable bonds is 3. The lowest BCUT2D eigenvalue weighted by molar-refractivity contribution is -0.116. The second-order valence-corrected chi connectivity index (χ2v) is 6.28. The minimum absolute atomic E-state index is 0.0484. The number of anilines is 1. The molecule has 1 aromatic heterocycles. The van der Waals surface area contributed by atoms with Crippen LogP contribution < -0.4 is 10.1 Å². The van der Waals surface area contributed by atoms with Crippen LogP contribution in [-0.4, -0.2) is 22.6 Å². The monoisotopic (exact) mass is 353 g/mol. The van der Waals surface area contributed by atoms with E-state index in [1.807, 2.05) is 53.1 Å². The van der Waals surface area contributed by atoms with Gasteiger partial charge < -0.3 is 10.1 Å². The van der Waals surface area contributed by atoms with Crippen molar-refractivity contribution >= 4 is 23.3 Å². The number of fused-ring (bicyclic) bond motifs is 1. The number of carbonyl (C=O) groups excluding carboxylic acids is 1. The Morgan fingerprint density at radius 2 is 1.96 bits per heavy atom. The summed E-state index contributed by atoms with van der Waals surface area (Å²) in [6, 6.07) is 15.2. The maximum atomic E-state index is 12.3. The molecule has 126 valence electrons. The summed E-state index contributed by atoms with van der Waals surface area (Å²) in [5.41, 5.74) is 2.64. The molecule has 0 saturated heterocycles. The highest BCUT2D eigenvalue weighted by atomic mass is 35.5. The van der Waals surface area contributed by atoms with E-state index < -0.39 is 0 Å². The van der Waals surface area contributed by atoms with Gasteiger partial charge in [-0.3, -0.25) is 9.36 Å². The molecule has 6 heteroatoms. The molecular weight excluding hydrogens is 338 g/mol. The van der Waals surface area contributed by atoms with Crippen molar-refractivity contribution in [2.24, 2.45) is 0 Å². The average molecular weight is 354 g/mol. The van der Waals surface area contributed by atoms with Crippen molar-refractivity contribution in [1.82, 2.24) is 9.55 Å². The number of nitrogens with zero attached hydrogens (tertiary/aromatic N) is 2. The minimum Gasteiger partial charge on any atom is -0.497 e. The lowest BCUT2D eigenvalue weighted by Gasteiger charge is -2.24. The Morgan fingerprint density at radius 1 is 1.20 bits per heavy atom. The second kappa shape index (κ2) is 6.26. The van der Waals surface area contributed by atoms with Gasteiger partial charge in [0.15, 0.2) is 0 Å². The van der Waals surface area contributed by atoms with E-state index in [0.717, 1.165) is 22.7 Å². The Kier molecular flexibility index (Phi) is 3.93. The standard InChI is InChI=1S/C19H16ClN3O2/c1-25-13-8-6-12(7-9-13)23-11-21-18-15(10-17(24)22-19(18)23)14-4-2-3-5-16(14)20/h2-9,11,15H,10H2,1H3,(H,22,24)/t15-/m0/s1. The molecule has 5 nitrogen and oxygen atoms in total. The molecule has 2 heterocycles. The molecule has 25 heavy (non-hydrogen) atoms. The Bertz CT molecular complexity index is 934. The smallest absolute Gasteiger partial charge is 0.226 e. The fourth-order valence-corrected chi connectivity index (χ4v) is 3.43. The van der Waals surface area contributed by atoms with Crippen LogP contribution in [0.4, 0.5) is 5.82 Å². The molecule has 0 aliphatic carbocycles. The van der Waals surface area contributed by atoms with Gasteiger partial charge in [0, 0.05) is 23.0 Å². The molecule has 0 unspecified atom stereocenters. The zero-order chi connectivity index (χ0) is 17.4. The number of methoxy groups -OCH3 is 1. The first-order chi connectivity index (χ1) is 12.2. The summed E-state index contributed by atoms with van der Waals surface area (Å²) < 4.78 is 7.07. The van der Waals surface area contributed by atoms with Crippen LogP contribution in [-0.2, 0) is 4.79 Å². The van der Waals surface area contributed by atoms with Crippen molar-refractivity contribution in [1.29, 1.82) is 0 Å². The number of carbonyl (C=O) groups is 1. The van der Waals surface area contributed by atoms with Crippen LogP contribution >= 0.6 is 11.6 Å². The molecule has 0 saturated carbocycles. The molecule has 0 radical (unpaired) electrons. The fraction of sp³-hybridized carbons (Fsp3) is 0.158. The van der Waals surface area contributed by atoms with Crippen molar-refractivity contribution in [3.8, 4) is 11.4 Å². The molecular formula is C19H16ClN3O2. The van der Waals surface area contributed by atoms with Gasteiger partial charge in [0.25, 0.3) is 0 Å². The summed E-state index contributed by atoms with van der Waals surface area (Å²) in [5, 5.41) is 3.59. The third-order valence-electron chi connectivity index (χ3n) is 4.40. The molecule has 3 aromatic rings. The highest BCUT2D eigenvalue weighted by Gasteiger charge is 2.31. The number of hydrogen-bond donors (Lipinski definition) is 1. The van der Waals surface area contributed by atoms with Gasteiger partial charge in [-0.05, 0) is 35.9 Å². The summed E-state index contributed by atoms with van der Waals surface area (Å²) in [7, 11) is 1.63. The summed E-state index contributed by atoms with van der Waals surface area (Å²) in [4.78, 5) is 16.9. The number of aromatic nitrogens is 2. The highest BCUT2D eigenvalue weighted by Crippen LogP contribution is 2.39. The maximum absolute atomic E-state index is 12.3. The number of nitrogens with one attached hydrogen (secondary N) is 1. The first-order valence-electron chi connectivity index (χ1n) is 7.93. The molecule has 1 aliphatic heterocycles. The zero-order valence-electron chi connectivity index (χ0n) is 13.6. The second-order valence-electron chi connectivity index (χ2n) is 5.87. The zero-order valence-corrected chi connectivity index (χ0v) is 14.3. The lowest BCUT2D eigenvalue weighted by atomic mass is 9.90. The summed E-state index contributed by atoms with van der Waals surface area (Å²) in [5.74, 6) is 1.26. The predicted molar refractivity (Wildman–Crippen MR) is 96.7 cm³/mol. The minimum atomic E-state index is -0.156. The van der Waals surface area contributed by atoms with Gasteiger partial charge in [-0.15, -0.1) is 0 Å². The largest absolute Gasteiger partial charge is 0.497 e. The first kappa shape index (κ1) is 15.7. The van der Waals surface area contributed by atoms with E-state index in [1.54, 1.807) is 13.4 Å². The van der Waals surface area contributed by atoms with Crippen molar-refractivity contribution in [3.05, 3.63) is 71.1 Å². The van der Waals surface area contributed by atoms with Crippen LogP contribution in [0.2, 0.25) is 5.02 Å². The van der Waals surface area contributed by atoms with Gasteiger partial charge in [-0.2, -0.15) is 0 Å². The van der Waals surface area contributed by atoms with Crippen LogP contribution in [0.15, 0.2) is 54.9 Å². The van der Waals surface area contributed by atoms with Crippen LogP contribution in [0, 0.1) is 0 Å². The molecule has 1 amide bonds. The fourth-order valence-electron chi connectivity index (χ4n) is 3.16. The van der Waals surface area contributed by atoms with E-state index in [9.17, 15) is 4.79 Å². The summed E-state index contributed by atoms with van der Waals surface area (Å²) in [6.07, 6.45) is 2.05. The van der Waals surface area contributed by atoms with Crippen molar-refractivity contribution in [2.75, 3.05) is 12.4 Å². The molecule has 4 rings (SSSR count). The van der Waals surface area contributed by atoms with Crippen molar-refractivity contribution < 1.29 is 9.53 Å². The van der Waals surface area contributed by atoms with Gasteiger partial charge in [-0.1, -0.05) is 29.8 Å². The SMILES string of the molecule is COc1ccc(-n2cnc3c2NC(=O)C[C@H]3c2ccccc2Cl)cc1. The van der Waals surface area contributed by atoms with Gasteiger partial charge >= 0.3 is 0 Å². The van der Waals surface area contributed by atoms with Gasteiger partial charge in [-0.25, -0.2) is 4.98 Å². The molecule has 0 spiro atoms. The highest BCUT2D eigenvalue weighted by molar-refractivity contribution is 6.31. The molecule has 0 fully saturated rings. The third kappa shape index (κ3) is 2.76. The Hall–Kier alpha value is -2.79. The Morgan fingerprint density at radius 3 is 2.68 bits per heavy atom. The first-order valence-corrected chi connectivity index (χ1v) is 8.31. The van der Waals surface area contributed by atoms with Crippen LogP contribution in [0.3, 0.4) is 0 Å². The number of imidazole rings is 1. The molecule has 1 N–H and O–H groups in total. The Labute approximate surface area is 150 Å². The van der Waals surface area contributed by atoms with E-state index >= 15 is 0 Å². The van der Waals surface area contributed by atoms with Crippen molar-refractivity contribution in [2.45, 2.75) is 12.3 Å². The summed E-state index contributed by atoms with van der Waals surface area (Å²) in [6.45, 7) is 0. The number of amides is 1. The van der Waals surface area contributed by atoms with Crippen LogP contribution in [0.25, 0.3) is 5.69 Å². The van der Waals surface area contributed by atoms with E-state index in [0.29, 0.717) is 17.3 Å². The average Bonchev–Trinajstić information content (AvgIpc) is 3.05. The number of ether oxygens (including phenoxy) is 1. The quantitative estimate of drug-likeness (QED) is 0.774. The van der Waals surface area contributed by atoms with E-state index in [1.165, 1.54) is 0 Å². The third-order valence-corrected chi connectivity index (χ3v) is 4.75. The maximum Gasteiger partial charge on any atom is 0.226 e. The molecule has 1 atom stereocenters. The van der Waals surface area contributed by atoms with Crippen LogP contribution in [0.1, 0.15) is 23.6 Å². The van der Waals surface area contributed by atoms with Gasteiger partial charge in [0.05, 0.1) is 12.8 Å². The topological polar surface area (TPSA) is 56.1 Å².